The van der Waals surface area contributed by atoms with Gasteiger partial charge in [0.05, 0.1) is 52.9 Å². The summed E-state index contributed by atoms with van der Waals surface area (Å²) in [5.41, 5.74) is 1.20. The third-order valence-corrected chi connectivity index (χ3v) is 6.91. The van der Waals surface area contributed by atoms with Gasteiger partial charge in [0.1, 0.15) is 11.9 Å². The van der Waals surface area contributed by atoms with Crippen molar-refractivity contribution in [2.45, 2.75) is 6.10 Å². The molecule has 210 valence electrons. The zero-order valence-electron chi connectivity index (χ0n) is 22.2. The van der Waals surface area contributed by atoms with Crippen LogP contribution in [-0.4, -0.2) is 95.9 Å². The van der Waals surface area contributed by atoms with E-state index in [2.05, 4.69) is 5.32 Å². The lowest BCUT2D eigenvalue weighted by atomic mass is 10.1. The number of halogens is 1. The van der Waals surface area contributed by atoms with E-state index in [1.807, 2.05) is 4.90 Å². The van der Waals surface area contributed by atoms with Crippen LogP contribution in [0.3, 0.4) is 0 Å². The van der Waals surface area contributed by atoms with E-state index in [0.717, 1.165) is 0 Å². The molecule has 1 N–H and O–H groups in total. The van der Waals surface area contributed by atoms with Gasteiger partial charge < -0.3 is 38.8 Å². The Morgan fingerprint density at radius 2 is 1.72 bits per heavy atom. The standard InChI is InChI=1S/C26H31FN4O7S/c1-34-21-11-16(12-22(35-2)23(21)36-3)24(32)30-9-7-29(8-10-30)20-6-5-17(13-19(20)27)31-15-18(38-26(31)33)14-28-25(39)37-4/h5-6,11-13,18H,7-10,14-15H2,1-4H3,(H,28,39)/t18-/m0/s1. The van der Waals surface area contributed by atoms with Crippen LogP contribution < -0.4 is 29.3 Å². The first-order valence-electron chi connectivity index (χ1n) is 12.2. The molecule has 2 aliphatic heterocycles. The maximum Gasteiger partial charge on any atom is 0.414 e. The van der Waals surface area contributed by atoms with Crippen molar-refractivity contribution in [3.8, 4) is 17.2 Å². The summed E-state index contributed by atoms with van der Waals surface area (Å²) in [5, 5.41) is 3.05. The number of amides is 2. The molecule has 39 heavy (non-hydrogen) atoms. The van der Waals surface area contributed by atoms with Crippen LogP contribution in [0.2, 0.25) is 0 Å². The van der Waals surface area contributed by atoms with Crippen molar-refractivity contribution in [2.24, 2.45) is 0 Å². The van der Waals surface area contributed by atoms with Crippen LogP contribution in [-0.2, 0) is 9.47 Å². The van der Waals surface area contributed by atoms with Crippen molar-refractivity contribution in [1.82, 2.24) is 10.2 Å². The molecule has 0 saturated carbocycles. The molecule has 2 aliphatic rings. The third kappa shape index (κ3) is 6.03. The second-order valence-electron chi connectivity index (χ2n) is 8.82. The van der Waals surface area contributed by atoms with Crippen LogP contribution in [0.1, 0.15) is 10.4 Å². The number of anilines is 2. The van der Waals surface area contributed by atoms with Gasteiger partial charge in [0.25, 0.3) is 11.1 Å². The number of cyclic esters (lactones) is 1. The van der Waals surface area contributed by atoms with Crippen LogP contribution in [0.4, 0.5) is 20.6 Å². The number of nitrogens with zero attached hydrogens (tertiary/aromatic N) is 3. The van der Waals surface area contributed by atoms with Crippen molar-refractivity contribution in [1.29, 1.82) is 0 Å². The van der Waals surface area contributed by atoms with Crippen LogP contribution in [0.25, 0.3) is 0 Å². The van der Waals surface area contributed by atoms with E-state index in [9.17, 15) is 9.59 Å². The summed E-state index contributed by atoms with van der Waals surface area (Å²) in [4.78, 5) is 30.5. The second-order valence-corrected chi connectivity index (χ2v) is 9.19. The number of piperazine rings is 1. The van der Waals surface area contributed by atoms with Gasteiger partial charge >= 0.3 is 6.09 Å². The maximum absolute atomic E-state index is 15.2. The van der Waals surface area contributed by atoms with E-state index in [4.69, 9.17) is 35.9 Å². The normalized spacial score (nSPS) is 17.0. The average Bonchev–Trinajstić information content (AvgIpc) is 3.34. The molecule has 0 radical (unpaired) electrons. The number of benzene rings is 2. The summed E-state index contributed by atoms with van der Waals surface area (Å²) >= 11 is 4.93. The molecule has 0 aliphatic carbocycles. The lowest BCUT2D eigenvalue weighted by Crippen LogP contribution is -2.49. The first-order chi connectivity index (χ1) is 18.8. The molecule has 11 nitrogen and oxygen atoms in total. The van der Waals surface area contributed by atoms with Crippen molar-refractivity contribution in [3.05, 3.63) is 41.7 Å². The number of hydrogen-bond donors (Lipinski definition) is 1. The van der Waals surface area contributed by atoms with Gasteiger partial charge in [0.15, 0.2) is 11.5 Å². The molecule has 0 spiro atoms. The third-order valence-electron chi connectivity index (χ3n) is 6.60. The Labute approximate surface area is 231 Å². The van der Waals surface area contributed by atoms with Gasteiger partial charge in [-0.15, -0.1) is 0 Å². The summed E-state index contributed by atoms with van der Waals surface area (Å²) in [6, 6.07) is 7.87. The van der Waals surface area contributed by atoms with Crippen LogP contribution in [0.5, 0.6) is 17.2 Å². The fraction of sp³-hybridized carbons (Fsp3) is 0.423. The first kappa shape index (κ1) is 28.0. The van der Waals surface area contributed by atoms with E-state index < -0.39 is 18.0 Å². The lowest BCUT2D eigenvalue weighted by Gasteiger charge is -2.36. The first-order valence-corrected chi connectivity index (χ1v) is 12.6. The molecular formula is C26H31FN4O7S. The quantitative estimate of drug-likeness (QED) is 0.483. The highest BCUT2D eigenvalue weighted by molar-refractivity contribution is 7.80. The van der Waals surface area contributed by atoms with E-state index in [-0.39, 0.29) is 24.2 Å². The number of ether oxygens (including phenoxy) is 5. The van der Waals surface area contributed by atoms with E-state index in [1.165, 1.54) is 39.4 Å². The zero-order chi connectivity index (χ0) is 28.1. The molecule has 1 atom stereocenters. The monoisotopic (exact) mass is 562 g/mol. The number of nitrogens with one attached hydrogen (secondary N) is 1. The largest absolute Gasteiger partial charge is 0.493 e. The number of carbonyl (C=O) groups is 2. The molecule has 2 saturated heterocycles. The summed E-state index contributed by atoms with van der Waals surface area (Å²) < 4.78 is 41.5. The molecular weight excluding hydrogens is 531 g/mol. The molecule has 0 aromatic heterocycles. The predicted molar refractivity (Wildman–Crippen MR) is 146 cm³/mol. The molecule has 2 aromatic rings. The summed E-state index contributed by atoms with van der Waals surface area (Å²) in [7, 11) is 5.93. The summed E-state index contributed by atoms with van der Waals surface area (Å²) in [6.45, 7) is 2.20. The fourth-order valence-corrected chi connectivity index (χ4v) is 4.65. The number of thiocarbonyl (C=S) groups is 1. The Hall–Kier alpha value is -4.00. The number of hydrogen-bond acceptors (Lipinski definition) is 9. The smallest absolute Gasteiger partial charge is 0.414 e. The lowest BCUT2D eigenvalue weighted by molar-refractivity contribution is 0.0745. The van der Waals surface area contributed by atoms with Crippen LogP contribution in [0, 0.1) is 5.82 Å². The van der Waals surface area contributed by atoms with Crippen molar-refractivity contribution in [3.63, 3.8) is 0 Å². The maximum atomic E-state index is 15.2. The molecule has 2 aromatic carbocycles. The SMILES string of the molecule is COC(=S)NC[C@H]1CN(c2ccc(N3CCN(C(=O)c4cc(OC)c(OC)c(OC)c4)CC3)c(F)c2)C(=O)O1. The summed E-state index contributed by atoms with van der Waals surface area (Å²) in [5.74, 6) is 0.539. The van der Waals surface area contributed by atoms with Gasteiger partial charge in [0, 0.05) is 31.7 Å². The topological polar surface area (TPSA) is 102 Å². The predicted octanol–water partition coefficient (Wildman–Crippen LogP) is 2.66. The molecule has 4 rings (SSSR count). The number of rotatable bonds is 8. The molecule has 0 unspecified atom stereocenters. The van der Waals surface area contributed by atoms with Gasteiger partial charge in [-0.1, -0.05) is 0 Å². The van der Waals surface area contributed by atoms with E-state index in [1.54, 1.807) is 29.2 Å². The molecule has 2 amide bonds. The number of carbonyl (C=O) groups excluding carboxylic acids is 2. The average molecular weight is 563 g/mol. The van der Waals surface area contributed by atoms with E-state index in [0.29, 0.717) is 60.4 Å². The second kappa shape index (κ2) is 12.2. The van der Waals surface area contributed by atoms with Gasteiger partial charge in [-0.05, 0) is 42.5 Å². The van der Waals surface area contributed by atoms with Gasteiger partial charge in [-0.3, -0.25) is 9.69 Å². The molecule has 2 heterocycles. The van der Waals surface area contributed by atoms with Gasteiger partial charge in [-0.25, -0.2) is 9.18 Å². The minimum atomic E-state index is -0.559. The van der Waals surface area contributed by atoms with Crippen molar-refractivity contribution < 1.29 is 37.7 Å². The summed E-state index contributed by atoms with van der Waals surface area (Å²) in [6.07, 6.45) is -1.01. The van der Waals surface area contributed by atoms with Crippen LogP contribution >= 0.6 is 12.2 Å². The highest BCUT2D eigenvalue weighted by Gasteiger charge is 2.33. The van der Waals surface area contributed by atoms with Gasteiger partial charge in [0.2, 0.25) is 5.75 Å². The van der Waals surface area contributed by atoms with Crippen molar-refractivity contribution >= 4 is 40.8 Å². The molecule has 13 heteroatoms. The Kier molecular flexibility index (Phi) is 8.79. The zero-order valence-corrected chi connectivity index (χ0v) is 23.0. The minimum Gasteiger partial charge on any atom is -0.493 e. The highest BCUT2D eigenvalue weighted by atomic mass is 32.1. The van der Waals surface area contributed by atoms with Crippen LogP contribution in [0.15, 0.2) is 30.3 Å². The Balaban J connectivity index is 1.39. The molecule has 2 fully saturated rings. The van der Waals surface area contributed by atoms with Crippen molar-refractivity contribution in [2.75, 3.05) is 77.5 Å². The Bertz CT molecular complexity index is 1210. The number of methoxy groups -OCH3 is 4. The van der Waals surface area contributed by atoms with Gasteiger partial charge in [-0.2, -0.15) is 0 Å². The minimum absolute atomic E-state index is 0.187. The van der Waals surface area contributed by atoms with E-state index >= 15 is 4.39 Å². The highest BCUT2D eigenvalue weighted by Crippen LogP contribution is 2.38. The molecule has 0 bridgehead atoms. The Morgan fingerprint density at radius 3 is 2.28 bits per heavy atom. The Morgan fingerprint density at radius 1 is 1.05 bits per heavy atom. The fourth-order valence-electron chi connectivity index (χ4n) is 4.57.